The molecule has 0 saturated heterocycles. The van der Waals surface area contributed by atoms with Gasteiger partial charge in [0.1, 0.15) is 5.54 Å². The minimum atomic E-state index is -0.365. The fraction of sp³-hybridized carbons (Fsp3) is 0.941. The standard InChI is InChI=1S/C17H32N2O/c1-4-12-19-17(3,14-18)11-5-6-13-20-16-9-7-15(2)8-10-16/h15-16,19H,4-13H2,1-3H3. The third kappa shape index (κ3) is 6.72. The molecule has 1 aliphatic rings. The Bertz CT molecular complexity index is 292. The van der Waals surface area contributed by atoms with E-state index in [9.17, 15) is 5.26 Å². The van der Waals surface area contributed by atoms with Crippen LogP contribution in [0.25, 0.3) is 0 Å². The Labute approximate surface area is 125 Å². The number of nitriles is 1. The highest BCUT2D eigenvalue weighted by molar-refractivity contribution is 5.03. The second kappa shape index (κ2) is 9.37. The summed E-state index contributed by atoms with van der Waals surface area (Å²) in [6.07, 6.45) is 9.70. The van der Waals surface area contributed by atoms with Crippen LogP contribution in [0.2, 0.25) is 0 Å². The average molecular weight is 280 g/mol. The predicted octanol–water partition coefficient (Wildman–Crippen LogP) is 4.03. The van der Waals surface area contributed by atoms with E-state index >= 15 is 0 Å². The van der Waals surface area contributed by atoms with E-state index < -0.39 is 0 Å². The molecule has 3 heteroatoms. The van der Waals surface area contributed by atoms with E-state index in [1.165, 1.54) is 25.7 Å². The van der Waals surface area contributed by atoms with Crippen LogP contribution in [0.3, 0.4) is 0 Å². The summed E-state index contributed by atoms with van der Waals surface area (Å²) < 4.78 is 5.96. The summed E-state index contributed by atoms with van der Waals surface area (Å²) in [4.78, 5) is 0. The molecule has 0 aliphatic heterocycles. The Balaban J connectivity index is 2.07. The molecular weight excluding hydrogens is 248 g/mol. The van der Waals surface area contributed by atoms with Crippen LogP contribution in [0.1, 0.15) is 72.1 Å². The van der Waals surface area contributed by atoms with Crippen molar-refractivity contribution < 1.29 is 4.74 Å². The first-order valence-corrected chi connectivity index (χ1v) is 8.37. The molecule has 0 heterocycles. The van der Waals surface area contributed by atoms with Crippen LogP contribution in [-0.2, 0) is 4.74 Å². The third-order valence-electron chi connectivity index (χ3n) is 4.40. The molecule has 1 N–H and O–H groups in total. The topological polar surface area (TPSA) is 45.0 Å². The Morgan fingerprint density at radius 3 is 2.55 bits per heavy atom. The second-order valence-electron chi connectivity index (χ2n) is 6.58. The van der Waals surface area contributed by atoms with Gasteiger partial charge in [0.15, 0.2) is 0 Å². The zero-order valence-electron chi connectivity index (χ0n) is 13.6. The van der Waals surface area contributed by atoms with Crippen LogP contribution in [0.4, 0.5) is 0 Å². The lowest BCUT2D eigenvalue weighted by molar-refractivity contribution is 0.0175. The van der Waals surface area contributed by atoms with Crippen molar-refractivity contribution in [3.05, 3.63) is 0 Å². The van der Waals surface area contributed by atoms with E-state index in [2.05, 4.69) is 25.2 Å². The van der Waals surface area contributed by atoms with Gasteiger partial charge in [-0.1, -0.05) is 13.8 Å². The smallest absolute Gasteiger partial charge is 0.103 e. The molecule has 0 spiro atoms. The van der Waals surface area contributed by atoms with Gasteiger partial charge in [-0.25, -0.2) is 0 Å². The van der Waals surface area contributed by atoms with Crippen molar-refractivity contribution in [2.24, 2.45) is 5.92 Å². The number of rotatable bonds is 9. The van der Waals surface area contributed by atoms with Crippen LogP contribution >= 0.6 is 0 Å². The Morgan fingerprint density at radius 1 is 1.25 bits per heavy atom. The van der Waals surface area contributed by atoms with Crippen molar-refractivity contribution in [3.63, 3.8) is 0 Å². The molecule has 3 nitrogen and oxygen atoms in total. The van der Waals surface area contributed by atoms with Gasteiger partial charge in [-0.3, -0.25) is 5.32 Å². The molecule has 0 radical (unpaired) electrons. The third-order valence-corrected chi connectivity index (χ3v) is 4.40. The summed E-state index contributed by atoms with van der Waals surface area (Å²) in [7, 11) is 0. The fourth-order valence-corrected chi connectivity index (χ4v) is 2.81. The highest BCUT2D eigenvalue weighted by atomic mass is 16.5. The van der Waals surface area contributed by atoms with Gasteiger partial charge in [0.2, 0.25) is 0 Å². The Hall–Kier alpha value is -0.590. The van der Waals surface area contributed by atoms with Crippen molar-refractivity contribution in [1.82, 2.24) is 5.32 Å². The minimum absolute atomic E-state index is 0.365. The summed E-state index contributed by atoms with van der Waals surface area (Å²) in [6, 6.07) is 2.41. The van der Waals surface area contributed by atoms with Gasteiger partial charge in [0.05, 0.1) is 12.2 Å². The summed E-state index contributed by atoms with van der Waals surface area (Å²) in [5.74, 6) is 0.885. The number of nitrogens with one attached hydrogen (secondary N) is 1. The monoisotopic (exact) mass is 280 g/mol. The number of unbranched alkanes of at least 4 members (excludes halogenated alkanes) is 1. The molecule has 1 aliphatic carbocycles. The molecule has 0 aromatic carbocycles. The maximum Gasteiger partial charge on any atom is 0.103 e. The summed E-state index contributed by atoms with van der Waals surface area (Å²) in [5, 5.41) is 12.6. The van der Waals surface area contributed by atoms with E-state index in [1.54, 1.807) is 0 Å². The molecule has 1 fully saturated rings. The van der Waals surface area contributed by atoms with Crippen molar-refractivity contribution in [2.75, 3.05) is 13.2 Å². The molecule has 20 heavy (non-hydrogen) atoms. The predicted molar refractivity (Wildman–Crippen MR) is 83.5 cm³/mol. The van der Waals surface area contributed by atoms with Gasteiger partial charge < -0.3 is 4.74 Å². The number of nitrogens with zero attached hydrogens (tertiary/aromatic N) is 1. The summed E-state index contributed by atoms with van der Waals surface area (Å²) >= 11 is 0. The zero-order chi connectivity index (χ0) is 14.8. The molecule has 116 valence electrons. The van der Waals surface area contributed by atoms with Gasteiger partial charge in [0.25, 0.3) is 0 Å². The van der Waals surface area contributed by atoms with E-state index in [0.717, 1.165) is 44.8 Å². The van der Waals surface area contributed by atoms with Crippen molar-refractivity contribution >= 4 is 0 Å². The van der Waals surface area contributed by atoms with Crippen LogP contribution in [0.15, 0.2) is 0 Å². The number of hydrogen-bond acceptors (Lipinski definition) is 3. The molecule has 1 saturated carbocycles. The second-order valence-corrected chi connectivity index (χ2v) is 6.58. The molecule has 0 aromatic heterocycles. The van der Waals surface area contributed by atoms with Gasteiger partial charge in [-0.2, -0.15) is 5.26 Å². The van der Waals surface area contributed by atoms with E-state index in [0.29, 0.717) is 6.10 Å². The van der Waals surface area contributed by atoms with Gasteiger partial charge in [-0.05, 0) is 70.8 Å². The Morgan fingerprint density at radius 2 is 1.95 bits per heavy atom. The van der Waals surface area contributed by atoms with E-state index in [1.807, 2.05) is 6.92 Å². The van der Waals surface area contributed by atoms with Crippen LogP contribution in [0.5, 0.6) is 0 Å². The maximum atomic E-state index is 9.25. The molecule has 0 aromatic rings. The molecular formula is C17H32N2O. The van der Waals surface area contributed by atoms with Crippen LogP contribution in [0, 0.1) is 17.2 Å². The zero-order valence-corrected chi connectivity index (χ0v) is 13.6. The molecule has 0 amide bonds. The Kier molecular flexibility index (Phi) is 8.18. The van der Waals surface area contributed by atoms with Crippen LogP contribution in [-0.4, -0.2) is 24.8 Å². The summed E-state index contributed by atoms with van der Waals surface area (Å²) in [5.41, 5.74) is -0.365. The van der Waals surface area contributed by atoms with Gasteiger partial charge in [-0.15, -0.1) is 0 Å². The maximum absolute atomic E-state index is 9.25. The molecule has 1 unspecified atom stereocenters. The van der Waals surface area contributed by atoms with E-state index in [4.69, 9.17) is 4.74 Å². The quantitative estimate of drug-likeness (QED) is 0.648. The normalized spacial score (nSPS) is 25.9. The first-order valence-electron chi connectivity index (χ1n) is 8.37. The first-order chi connectivity index (χ1) is 9.59. The van der Waals surface area contributed by atoms with Crippen LogP contribution < -0.4 is 5.32 Å². The summed E-state index contributed by atoms with van der Waals surface area (Å²) in [6.45, 7) is 8.24. The lowest BCUT2D eigenvalue weighted by atomic mass is 9.89. The van der Waals surface area contributed by atoms with Crippen molar-refractivity contribution in [3.8, 4) is 6.07 Å². The molecule has 1 rings (SSSR count). The van der Waals surface area contributed by atoms with Crippen molar-refractivity contribution in [2.45, 2.75) is 83.8 Å². The van der Waals surface area contributed by atoms with Gasteiger partial charge in [0, 0.05) is 6.61 Å². The highest BCUT2D eigenvalue weighted by Gasteiger charge is 2.22. The van der Waals surface area contributed by atoms with Crippen molar-refractivity contribution in [1.29, 1.82) is 5.26 Å². The molecule has 1 atom stereocenters. The lowest BCUT2D eigenvalue weighted by Crippen LogP contribution is -2.41. The SMILES string of the molecule is CCCNC(C)(C#N)CCCCOC1CCC(C)CC1. The van der Waals surface area contributed by atoms with Gasteiger partial charge >= 0.3 is 0 Å². The average Bonchev–Trinajstić information content (AvgIpc) is 2.47. The first kappa shape index (κ1) is 17.5. The minimum Gasteiger partial charge on any atom is -0.378 e. The number of hydrogen-bond donors (Lipinski definition) is 1. The largest absolute Gasteiger partial charge is 0.378 e. The van der Waals surface area contributed by atoms with E-state index in [-0.39, 0.29) is 5.54 Å². The molecule has 0 bridgehead atoms. The number of ether oxygens (including phenoxy) is 1. The lowest BCUT2D eigenvalue weighted by Gasteiger charge is -2.26. The fourth-order valence-electron chi connectivity index (χ4n) is 2.81. The highest BCUT2D eigenvalue weighted by Crippen LogP contribution is 2.25.